The minimum atomic E-state index is -0.745. The Kier molecular flexibility index (Phi) is 9.78. The Balaban J connectivity index is 2.05. The second-order valence-corrected chi connectivity index (χ2v) is 7.63. The summed E-state index contributed by atoms with van der Waals surface area (Å²) in [6, 6.07) is 8.12. The molecule has 0 fully saturated rings. The first-order valence-corrected chi connectivity index (χ1v) is 9.51. The molecule has 146 valence electrons. The van der Waals surface area contributed by atoms with Crippen LogP contribution in [0.15, 0.2) is 24.3 Å². The zero-order chi connectivity index (χ0) is 19.4. The number of hydrogen-bond donors (Lipinski definition) is 2. The summed E-state index contributed by atoms with van der Waals surface area (Å²) < 4.78 is 5.69. The van der Waals surface area contributed by atoms with Crippen molar-refractivity contribution >= 4 is 11.9 Å². The van der Waals surface area contributed by atoms with Crippen LogP contribution in [-0.2, 0) is 15.0 Å². The number of carboxylic acid groups (broad SMARTS) is 1. The van der Waals surface area contributed by atoms with Crippen molar-refractivity contribution in [3.8, 4) is 5.75 Å². The first-order chi connectivity index (χ1) is 12.3. The van der Waals surface area contributed by atoms with E-state index in [2.05, 4.69) is 38.2 Å². The number of benzene rings is 1. The lowest BCUT2D eigenvalue weighted by Gasteiger charge is -2.19. The summed E-state index contributed by atoms with van der Waals surface area (Å²) in [5, 5.41) is 11.4. The summed E-state index contributed by atoms with van der Waals surface area (Å²) in [4.78, 5) is 22.1. The van der Waals surface area contributed by atoms with Crippen LogP contribution in [0.2, 0.25) is 0 Å². The Labute approximate surface area is 157 Å². The van der Waals surface area contributed by atoms with Gasteiger partial charge < -0.3 is 15.2 Å². The summed E-state index contributed by atoms with van der Waals surface area (Å²) in [6.45, 7) is 7.71. The molecule has 1 aromatic rings. The molecule has 26 heavy (non-hydrogen) atoms. The third kappa shape index (κ3) is 10.1. The van der Waals surface area contributed by atoms with Gasteiger partial charge in [0.15, 0.2) is 0 Å². The maximum atomic E-state index is 11.7. The quantitative estimate of drug-likeness (QED) is 0.543. The summed E-state index contributed by atoms with van der Waals surface area (Å²) in [7, 11) is 0. The number of aliphatic carboxylic acids is 1. The van der Waals surface area contributed by atoms with E-state index in [1.54, 1.807) is 0 Å². The highest BCUT2D eigenvalue weighted by Crippen LogP contribution is 2.24. The van der Waals surface area contributed by atoms with Crippen LogP contribution in [0, 0.1) is 0 Å². The van der Waals surface area contributed by atoms with Gasteiger partial charge in [0.05, 0.1) is 6.61 Å². The molecule has 5 nitrogen and oxygen atoms in total. The number of hydrogen-bond acceptors (Lipinski definition) is 3. The lowest BCUT2D eigenvalue weighted by atomic mass is 9.87. The minimum Gasteiger partial charge on any atom is -0.494 e. The van der Waals surface area contributed by atoms with Crippen molar-refractivity contribution < 1.29 is 19.4 Å². The largest absolute Gasteiger partial charge is 0.494 e. The molecule has 1 aromatic carbocycles. The number of ether oxygens (including phenoxy) is 1. The molecule has 0 aliphatic heterocycles. The molecule has 0 spiro atoms. The van der Waals surface area contributed by atoms with Gasteiger partial charge in [0.1, 0.15) is 5.75 Å². The fraction of sp³-hybridized carbons (Fsp3) is 0.619. The highest BCUT2D eigenvalue weighted by molar-refractivity contribution is 5.75. The molecule has 1 rings (SSSR count). The number of carbonyl (C=O) groups is 2. The maximum absolute atomic E-state index is 11.7. The van der Waals surface area contributed by atoms with E-state index in [-0.39, 0.29) is 17.7 Å². The molecule has 0 aromatic heterocycles. The van der Waals surface area contributed by atoms with Gasteiger partial charge in [-0.2, -0.15) is 0 Å². The standard InChI is InChI=1S/C21H33NO4/c1-21(2,3)17-11-13-18(14-12-17)26-16-8-9-19(23)22-15-7-5-4-6-10-20(24)25/h11-14H,4-10,15-16H2,1-3H3,(H,22,23)(H,24,25). The molecule has 0 saturated carbocycles. The van der Waals surface area contributed by atoms with Crippen molar-refractivity contribution in [2.75, 3.05) is 13.2 Å². The van der Waals surface area contributed by atoms with Crippen molar-refractivity contribution in [3.05, 3.63) is 29.8 Å². The Morgan fingerprint density at radius 2 is 1.62 bits per heavy atom. The van der Waals surface area contributed by atoms with Crippen LogP contribution in [0.1, 0.15) is 71.3 Å². The molecule has 0 aliphatic rings. The van der Waals surface area contributed by atoms with Gasteiger partial charge in [-0.1, -0.05) is 45.7 Å². The minimum absolute atomic E-state index is 0.0437. The van der Waals surface area contributed by atoms with E-state index >= 15 is 0 Å². The van der Waals surface area contributed by atoms with Crippen LogP contribution in [0.3, 0.4) is 0 Å². The highest BCUT2D eigenvalue weighted by Gasteiger charge is 2.12. The predicted molar refractivity (Wildman–Crippen MR) is 104 cm³/mol. The number of rotatable bonds is 12. The number of carbonyl (C=O) groups excluding carboxylic acids is 1. The number of nitrogens with one attached hydrogen (secondary N) is 1. The lowest BCUT2D eigenvalue weighted by Crippen LogP contribution is -2.24. The summed E-state index contributed by atoms with van der Waals surface area (Å²) in [5.41, 5.74) is 1.40. The first-order valence-electron chi connectivity index (χ1n) is 9.51. The second-order valence-electron chi connectivity index (χ2n) is 7.63. The van der Waals surface area contributed by atoms with E-state index in [1.807, 2.05) is 12.1 Å². The highest BCUT2D eigenvalue weighted by atomic mass is 16.5. The molecule has 0 heterocycles. The van der Waals surface area contributed by atoms with Crippen LogP contribution < -0.4 is 10.1 Å². The normalized spacial score (nSPS) is 11.2. The fourth-order valence-electron chi connectivity index (χ4n) is 2.54. The molecular formula is C21H33NO4. The third-order valence-corrected chi connectivity index (χ3v) is 4.18. The number of unbranched alkanes of at least 4 members (excludes halogenated alkanes) is 3. The topological polar surface area (TPSA) is 75.6 Å². The molecule has 5 heteroatoms. The van der Waals surface area contributed by atoms with Crippen molar-refractivity contribution in [3.63, 3.8) is 0 Å². The van der Waals surface area contributed by atoms with Crippen LogP contribution in [-0.4, -0.2) is 30.1 Å². The zero-order valence-electron chi connectivity index (χ0n) is 16.3. The summed E-state index contributed by atoms with van der Waals surface area (Å²) >= 11 is 0. The lowest BCUT2D eigenvalue weighted by molar-refractivity contribution is -0.137. The summed E-state index contributed by atoms with van der Waals surface area (Å²) in [5.74, 6) is 0.132. The van der Waals surface area contributed by atoms with E-state index in [1.165, 1.54) is 5.56 Å². The Hall–Kier alpha value is -2.04. The average Bonchev–Trinajstić information content (AvgIpc) is 2.57. The summed E-state index contributed by atoms with van der Waals surface area (Å²) in [6.07, 6.45) is 4.81. The van der Waals surface area contributed by atoms with Crippen molar-refractivity contribution in [2.45, 2.75) is 71.1 Å². The Bertz CT molecular complexity index is 546. The van der Waals surface area contributed by atoms with Crippen molar-refractivity contribution in [1.29, 1.82) is 0 Å². The monoisotopic (exact) mass is 363 g/mol. The third-order valence-electron chi connectivity index (χ3n) is 4.18. The van der Waals surface area contributed by atoms with Crippen LogP contribution >= 0.6 is 0 Å². The van der Waals surface area contributed by atoms with Gasteiger partial charge in [0, 0.05) is 19.4 Å². The SMILES string of the molecule is CC(C)(C)c1ccc(OCCCC(=O)NCCCCCCC(=O)O)cc1. The first kappa shape index (κ1) is 22.0. The van der Waals surface area contributed by atoms with Gasteiger partial charge in [-0.15, -0.1) is 0 Å². The van der Waals surface area contributed by atoms with Gasteiger partial charge in [0.2, 0.25) is 5.91 Å². The number of amides is 1. The molecule has 0 aliphatic carbocycles. The molecule has 0 bridgehead atoms. The molecule has 1 amide bonds. The zero-order valence-corrected chi connectivity index (χ0v) is 16.3. The maximum Gasteiger partial charge on any atom is 0.303 e. The van der Waals surface area contributed by atoms with Crippen LogP contribution in [0.4, 0.5) is 0 Å². The van der Waals surface area contributed by atoms with Gasteiger partial charge >= 0.3 is 5.97 Å². The van der Waals surface area contributed by atoms with Crippen LogP contribution in [0.5, 0.6) is 5.75 Å². The van der Waals surface area contributed by atoms with Gasteiger partial charge in [-0.3, -0.25) is 9.59 Å². The fourth-order valence-corrected chi connectivity index (χ4v) is 2.54. The molecular weight excluding hydrogens is 330 g/mol. The smallest absolute Gasteiger partial charge is 0.303 e. The van der Waals surface area contributed by atoms with E-state index < -0.39 is 5.97 Å². The van der Waals surface area contributed by atoms with Crippen LogP contribution in [0.25, 0.3) is 0 Å². The van der Waals surface area contributed by atoms with E-state index in [9.17, 15) is 9.59 Å². The second kappa shape index (κ2) is 11.6. The van der Waals surface area contributed by atoms with E-state index in [0.29, 0.717) is 32.4 Å². The predicted octanol–water partition coefficient (Wildman–Crippen LogP) is 4.29. The van der Waals surface area contributed by atoms with Gasteiger partial charge in [-0.25, -0.2) is 0 Å². The van der Waals surface area contributed by atoms with Gasteiger partial charge in [-0.05, 0) is 42.4 Å². The van der Waals surface area contributed by atoms with Crippen molar-refractivity contribution in [2.24, 2.45) is 0 Å². The Morgan fingerprint density at radius 1 is 0.962 bits per heavy atom. The number of carboxylic acids is 1. The molecule has 0 radical (unpaired) electrons. The molecule has 0 saturated heterocycles. The van der Waals surface area contributed by atoms with E-state index in [0.717, 1.165) is 25.0 Å². The van der Waals surface area contributed by atoms with Gasteiger partial charge in [0.25, 0.3) is 0 Å². The van der Waals surface area contributed by atoms with Crippen molar-refractivity contribution in [1.82, 2.24) is 5.32 Å². The Morgan fingerprint density at radius 3 is 2.23 bits per heavy atom. The average molecular weight is 363 g/mol. The molecule has 2 N–H and O–H groups in total. The molecule has 0 unspecified atom stereocenters. The van der Waals surface area contributed by atoms with E-state index in [4.69, 9.17) is 9.84 Å². The molecule has 0 atom stereocenters.